The van der Waals surface area contributed by atoms with E-state index in [1.165, 1.54) is 44.3 Å². The van der Waals surface area contributed by atoms with E-state index in [2.05, 4.69) is 74.4 Å². The molecule has 0 saturated heterocycles. The molecule has 1 nitrogen and oxygen atoms in total. The van der Waals surface area contributed by atoms with Crippen LogP contribution in [0.3, 0.4) is 0 Å². The third kappa shape index (κ3) is 4.86. The number of hydrogen-bond acceptors (Lipinski definition) is 0. The molecular weight excluding hydrogens is 381 g/mol. The highest BCUT2D eigenvalue weighted by atomic mass is 127. The van der Waals surface area contributed by atoms with Crippen LogP contribution in [-0.2, 0) is 0 Å². The number of nitrogens with zero attached hydrogens (tertiary/aromatic N) is 1. The minimum absolute atomic E-state index is 0.199. The van der Waals surface area contributed by atoms with Crippen molar-refractivity contribution in [2.75, 3.05) is 26.2 Å². The summed E-state index contributed by atoms with van der Waals surface area (Å²) in [5.41, 5.74) is 1.50. The van der Waals surface area contributed by atoms with Crippen molar-refractivity contribution in [1.82, 2.24) is 0 Å². The van der Waals surface area contributed by atoms with Crippen molar-refractivity contribution in [2.24, 2.45) is 5.92 Å². The van der Waals surface area contributed by atoms with Crippen LogP contribution in [0.15, 0.2) is 23.8 Å². The first-order chi connectivity index (χ1) is 10.4. The Morgan fingerprint density at radius 2 is 1.86 bits per heavy atom. The lowest BCUT2D eigenvalue weighted by Gasteiger charge is -2.46. The molecule has 1 rings (SSSR count). The molecule has 0 bridgehead atoms. The van der Waals surface area contributed by atoms with Gasteiger partial charge in [-0.05, 0) is 31.6 Å². The molecule has 0 aromatic carbocycles. The SMILES string of the molecule is C#CC[N+](CCCC)(CCCC)CC1(I)C(C)=CC=CC1C. The van der Waals surface area contributed by atoms with Gasteiger partial charge in [-0.2, -0.15) is 0 Å². The molecule has 0 radical (unpaired) electrons. The number of alkyl halides is 1. The largest absolute Gasteiger partial charge is 0.312 e. The molecule has 0 spiro atoms. The molecule has 1 aliphatic carbocycles. The Morgan fingerprint density at radius 3 is 2.32 bits per heavy atom. The summed E-state index contributed by atoms with van der Waals surface area (Å²) in [5, 5.41) is 0. The van der Waals surface area contributed by atoms with Gasteiger partial charge in [-0.1, -0.05) is 80.0 Å². The fourth-order valence-electron chi connectivity index (χ4n) is 3.44. The first-order valence-corrected chi connectivity index (χ1v) is 9.85. The van der Waals surface area contributed by atoms with Gasteiger partial charge < -0.3 is 4.48 Å². The molecular formula is C20H33IN+. The summed E-state index contributed by atoms with van der Waals surface area (Å²) in [7, 11) is 0. The van der Waals surface area contributed by atoms with Crippen LogP contribution in [0, 0.1) is 18.3 Å². The summed E-state index contributed by atoms with van der Waals surface area (Å²) in [6.07, 6.45) is 17.7. The lowest BCUT2D eigenvalue weighted by molar-refractivity contribution is -0.923. The molecule has 0 aliphatic heterocycles. The summed E-state index contributed by atoms with van der Waals surface area (Å²) < 4.78 is 1.29. The number of allylic oxidation sites excluding steroid dienone is 3. The molecule has 2 atom stereocenters. The van der Waals surface area contributed by atoms with Gasteiger partial charge in [0, 0.05) is 0 Å². The summed E-state index contributed by atoms with van der Waals surface area (Å²) in [6.45, 7) is 13.7. The number of quaternary nitrogens is 1. The van der Waals surface area contributed by atoms with E-state index < -0.39 is 0 Å². The van der Waals surface area contributed by atoms with Crippen LogP contribution >= 0.6 is 22.6 Å². The van der Waals surface area contributed by atoms with Gasteiger partial charge in [0.15, 0.2) is 0 Å². The molecule has 0 aromatic rings. The molecule has 0 amide bonds. The summed E-state index contributed by atoms with van der Waals surface area (Å²) in [5.74, 6) is 3.56. The molecule has 124 valence electrons. The van der Waals surface area contributed by atoms with E-state index in [0.717, 1.165) is 17.6 Å². The number of rotatable bonds is 9. The third-order valence-corrected chi connectivity index (χ3v) is 7.26. The van der Waals surface area contributed by atoms with Crippen molar-refractivity contribution in [3.8, 4) is 12.3 Å². The van der Waals surface area contributed by atoms with E-state index in [4.69, 9.17) is 6.42 Å². The van der Waals surface area contributed by atoms with Crippen LogP contribution in [0.25, 0.3) is 0 Å². The van der Waals surface area contributed by atoms with E-state index >= 15 is 0 Å². The Kier molecular flexibility index (Phi) is 8.21. The first-order valence-electron chi connectivity index (χ1n) is 8.77. The number of unbranched alkanes of at least 4 members (excludes halogenated alkanes) is 2. The van der Waals surface area contributed by atoms with E-state index in [1.807, 2.05) is 0 Å². The first kappa shape index (κ1) is 19.8. The molecule has 0 saturated carbocycles. The van der Waals surface area contributed by atoms with Gasteiger partial charge in [0.25, 0.3) is 0 Å². The highest BCUT2D eigenvalue weighted by molar-refractivity contribution is 14.1. The van der Waals surface area contributed by atoms with Gasteiger partial charge in [0.1, 0.15) is 6.54 Å². The zero-order chi connectivity index (χ0) is 16.6. The Morgan fingerprint density at radius 1 is 1.27 bits per heavy atom. The predicted octanol–water partition coefficient (Wildman–Crippen LogP) is 5.36. The Balaban J connectivity index is 3.06. The van der Waals surface area contributed by atoms with Crippen molar-refractivity contribution in [3.05, 3.63) is 23.8 Å². The quantitative estimate of drug-likeness (QED) is 0.206. The Labute approximate surface area is 152 Å². The van der Waals surface area contributed by atoms with Crippen molar-refractivity contribution in [3.63, 3.8) is 0 Å². The number of terminal acetylenes is 1. The van der Waals surface area contributed by atoms with Crippen molar-refractivity contribution >= 4 is 22.6 Å². The zero-order valence-corrected chi connectivity index (χ0v) is 17.0. The summed E-state index contributed by atoms with van der Waals surface area (Å²) in [4.78, 5) is 0. The van der Waals surface area contributed by atoms with Crippen LogP contribution in [-0.4, -0.2) is 34.1 Å². The fourth-order valence-corrected chi connectivity index (χ4v) is 4.55. The molecule has 2 unspecified atom stereocenters. The second-order valence-electron chi connectivity index (χ2n) is 6.90. The Bertz CT molecular complexity index is 435. The van der Waals surface area contributed by atoms with Gasteiger partial charge in [-0.25, -0.2) is 0 Å². The monoisotopic (exact) mass is 414 g/mol. The van der Waals surface area contributed by atoms with E-state index in [-0.39, 0.29) is 3.42 Å². The maximum absolute atomic E-state index is 5.78. The minimum atomic E-state index is 0.199. The van der Waals surface area contributed by atoms with Crippen LogP contribution < -0.4 is 0 Å². The normalized spacial score (nSPS) is 24.9. The second-order valence-corrected chi connectivity index (χ2v) is 8.83. The fraction of sp³-hybridized carbons (Fsp3) is 0.700. The van der Waals surface area contributed by atoms with Crippen LogP contribution in [0.4, 0.5) is 0 Å². The van der Waals surface area contributed by atoms with Gasteiger partial charge in [-0.15, -0.1) is 6.42 Å². The van der Waals surface area contributed by atoms with Crippen LogP contribution in [0.2, 0.25) is 0 Å². The van der Waals surface area contributed by atoms with Crippen molar-refractivity contribution in [1.29, 1.82) is 0 Å². The van der Waals surface area contributed by atoms with Gasteiger partial charge in [0.2, 0.25) is 0 Å². The Hall–Kier alpha value is -0.270. The third-order valence-electron chi connectivity index (χ3n) is 5.09. The summed E-state index contributed by atoms with van der Waals surface area (Å²) in [6, 6.07) is 0. The topological polar surface area (TPSA) is 0 Å². The van der Waals surface area contributed by atoms with E-state index in [9.17, 15) is 0 Å². The highest BCUT2D eigenvalue weighted by Gasteiger charge is 2.43. The average Bonchev–Trinajstić information content (AvgIpc) is 2.49. The summed E-state index contributed by atoms with van der Waals surface area (Å²) >= 11 is 2.71. The molecule has 2 heteroatoms. The maximum atomic E-state index is 5.78. The van der Waals surface area contributed by atoms with Crippen molar-refractivity contribution in [2.45, 2.75) is 56.8 Å². The maximum Gasteiger partial charge on any atom is 0.140 e. The standard InChI is InChI=1S/C20H33IN/c1-6-9-15-22(14-8-3,16-10-7-2)17-20(21)18(4)12-11-13-19(20)5/h3,11-13,18H,6-7,9-10,14-17H2,1-2,4-5H3/q+1. The lowest BCUT2D eigenvalue weighted by Crippen LogP contribution is -2.58. The number of halogens is 1. The zero-order valence-electron chi connectivity index (χ0n) is 14.9. The average molecular weight is 414 g/mol. The lowest BCUT2D eigenvalue weighted by atomic mass is 9.82. The van der Waals surface area contributed by atoms with Crippen LogP contribution in [0.5, 0.6) is 0 Å². The molecule has 0 fully saturated rings. The number of hydrogen-bond donors (Lipinski definition) is 0. The molecule has 22 heavy (non-hydrogen) atoms. The minimum Gasteiger partial charge on any atom is -0.312 e. The van der Waals surface area contributed by atoms with E-state index in [0.29, 0.717) is 5.92 Å². The van der Waals surface area contributed by atoms with Gasteiger partial charge in [0.05, 0.1) is 23.1 Å². The highest BCUT2D eigenvalue weighted by Crippen LogP contribution is 2.41. The molecule has 0 heterocycles. The van der Waals surface area contributed by atoms with E-state index in [1.54, 1.807) is 0 Å². The molecule has 0 aromatic heterocycles. The van der Waals surface area contributed by atoms with Crippen LogP contribution in [0.1, 0.15) is 53.4 Å². The smallest absolute Gasteiger partial charge is 0.140 e. The molecule has 0 N–H and O–H groups in total. The predicted molar refractivity (Wildman–Crippen MR) is 107 cm³/mol. The van der Waals surface area contributed by atoms with Gasteiger partial charge in [-0.3, -0.25) is 0 Å². The van der Waals surface area contributed by atoms with Crippen molar-refractivity contribution < 1.29 is 4.48 Å². The second kappa shape index (κ2) is 9.13. The van der Waals surface area contributed by atoms with Gasteiger partial charge >= 0.3 is 0 Å². The molecule has 1 aliphatic rings.